The quantitative estimate of drug-likeness (QED) is 0.0152. The van der Waals surface area contributed by atoms with Crippen molar-refractivity contribution >= 4 is 19.5 Å². The number of hydrogen-bond acceptors (Lipinski definition) is 20. The van der Waals surface area contributed by atoms with Gasteiger partial charge in [-0.05, 0) is 45.2 Å². The molecule has 0 radical (unpaired) electrons. The third-order valence-corrected chi connectivity index (χ3v) is 24.1. The van der Waals surface area contributed by atoms with Crippen LogP contribution in [0.3, 0.4) is 0 Å². The summed E-state index contributed by atoms with van der Waals surface area (Å²) in [4.78, 5) is 84.1. The van der Waals surface area contributed by atoms with E-state index in [9.17, 15) is 49.3 Å². The lowest BCUT2D eigenvalue weighted by Gasteiger charge is -2.35. The lowest BCUT2D eigenvalue weighted by molar-refractivity contribution is -0.232. The number of nitriles is 1. The van der Waals surface area contributed by atoms with Gasteiger partial charge in [0, 0.05) is 29.9 Å². The van der Waals surface area contributed by atoms with Crippen molar-refractivity contribution in [2.75, 3.05) is 46.2 Å². The Balaban J connectivity index is 1.32. The number of benzene rings is 1. The Morgan fingerprint density at radius 2 is 0.847 bits per heavy atom. The van der Waals surface area contributed by atoms with Gasteiger partial charge < -0.3 is 57.5 Å². The van der Waals surface area contributed by atoms with Crippen LogP contribution < -0.4 is 36.7 Å². The number of nitrogens with one attached hydrogen (secondary N) is 2. The summed E-state index contributed by atoms with van der Waals surface area (Å²) in [6, 6.07) is 4.88. The highest BCUT2D eigenvalue weighted by Gasteiger charge is 2.63. The molecule has 0 spiro atoms. The summed E-state index contributed by atoms with van der Waals surface area (Å²) in [7, 11) is -5.19. The molecule has 0 saturated carbocycles. The standard InChI is InChI=1S/C86H144N5O19P/c1-6-9-12-15-18-21-24-27-30-33-36-39-42-45-48-51-56-102-72-60-71(61-73(103-57-52-49-46-43-40-37-34-31-28-25-22-19-16-13-10-7-2)79(72)104-58-53-50-47-44-41-38-35-32-29-26-23-20-17-14-11-8-3)82(96)105-68-78(93)110-85(99)62-76(90-64-69(4)80(94)88-83(90)97)109-75(85)67-107-111(101,106-59-54-55-87)86(100)63-77(108-74(86)66-92)91-65-70(5)81(95)89-84(91)98/h60-61,64-65,74-77,92,99-100H,6-54,56-59,62-63,66-68H2,1-5H3,(H,88,94,97)(H,89,95,98)/t74-,75-,76-,77-,85-,86-,111?/m1/s1. The minimum Gasteiger partial charge on any atom is -0.490 e. The van der Waals surface area contributed by atoms with Crippen molar-refractivity contribution in [3.63, 3.8) is 0 Å². The van der Waals surface area contributed by atoms with Gasteiger partial charge in [0.25, 0.3) is 11.1 Å². The van der Waals surface area contributed by atoms with Crippen LogP contribution in [-0.4, -0.2) is 116 Å². The van der Waals surface area contributed by atoms with Crippen molar-refractivity contribution in [3.8, 4) is 23.3 Å². The van der Waals surface area contributed by atoms with Crippen LogP contribution in [0.1, 0.15) is 382 Å². The molecule has 7 atom stereocenters. The molecule has 1 unspecified atom stereocenters. The second kappa shape index (κ2) is 56.6. The average molecular weight is 1580 g/mol. The largest absolute Gasteiger partial charge is 0.490 e. The van der Waals surface area contributed by atoms with E-state index in [2.05, 4.69) is 30.7 Å². The van der Waals surface area contributed by atoms with E-state index in [-0.39, 0.29) is 34.6 Å². The Bertz CT molecular complexity index is 3330. The molecule has 1 aromatic carbocycles. The first-order valence-electron chi connectivity index (χ1n) is 43.6. The minimum atomic E-state index is -5.19. The normalized spacial score (nSPS) is 18.8. The van der Waals surface area contributed by atoms with Gasteiger partial charge in [0.15, 0.2) is 23.4 Å². The summed E-state index contributed by atoms with van der Waals surface area (Å²) < 4.78 is 71.7. The van der Waals surface area contributed by atoms with E-state index in [1.807, 2.05) is 6.07 Å². The van der Waals surface area contributed by atoms with Crippen LogP contribution in [0.15, 0.2) is 43.7 Å². The fraction of sp³-hybridized carbons (Fsp3) is 0.802. The van der Waals surface area contributed by atoms with E-state index >= 15 is 4.57 Å². The van der Waals surface area contributed by atoms with E-state index in [0.717, 1.165) is 98.6 Å². The van der Waals surface area contributed by atoms with Crippen molar-refractivity contribution in [3.05, 3.63) is 82.9 Å². The predicted octanol–water partition coefficient (Wildman–Crippen LogP) is 19.1. The fourth-order valence-electron chi connectivity index (χ4n) is 14.8. The van der Waals surface area contributed by atoms with Crippen LogP contribution in [0.2, 0.25) is 0 Å². The number of carbonyl (C=O) groups is 2. The fourth-order valence-corrected chi connectivity index (χ4v) is 16.8. The number of aromatic nitrogens is 4. The maximum Gasteiger partial charge on any atom is 0.365 e. The van der Waals surface area contributed by atoms with E-state index in [4.69, 9.17) is 42.2 Å². The Morgan fingerprint density at radius 3 is 1.21 bits per heavy atom. The average Bonchev–Trinajstić information content (AvgIpc) is 1.60. The van der Waals surface area contributed by atoms with Gasteiger partial charge in [0.2, 0.25) is 11.5 Å². The van der Waals surface area contributed by atoms with Crippen LogP contribution in [0.4, 0.5) is 0 Å². The zero-order valence-corrected chi connectivity index (χ0v) is 69.7. The molecule has 25 heteroatoms. The number of H-pyrrole nitrogens is 2. The molecule has 4 heterocycles. The molecule has 0 bridgehead atoms. The number of aliphatic hydroxyl groups excluding tert-OH is 1. The molecular formula is C86H144N5O19P. The summed E-state index contributed by atoms with van der Waals surface area (Å²) >= 11 is 0. The van der Waals surface area contributed by atoms with Gasteiger partial charge >= 0.3 is 30.9 Å². The van der Waals surface area contributed by atoms with Gasteiger partial charge in [-0.2, -0.15) is 5.26 Å². The molecule has 5 N–H and O–H groups in total. The first-order chi connectivity index (χ1) is 53.9. The van der Waals surface area contributed by atoms with Gasteiger partial charge in [0.05, 0.1) is 64.1 Å². The highest BCUT2D eigenvalue weighted by atomic mass is 31.2. The smallest absolute Gasteiger partial charge is 0.365 e. The molecule has 2 aliphatic heterocycles. The molecule has 0 aliphatic carbocycles. The molecule has 632 valence electrons. The lowest BCUT2D eigenvalue weighted by atomic mass is 10.0. The van der Waals surface area contributed by atoms with Crippen LogP contribution in [0, 0.1) is 25.2 Å². The molecule has 3 aromatic rings. The number of aliphatic hydroxyl groups is 3. The molecule has 5 rings (SSSR count). The van der Waals surface area contributed by atoms with E-state index in [1.54, 1.807) is 0 Å². The summed E-state index contributed by atoms with van der Waals surface area (Å²) in [5, 5.41) is 42.1. The summed E-state index contributed by atoms with van der Waals surface area (Å²) in [6.45, 7) is 6.87. The Labute approximate surface area is 662 Å². The Kier molecular flexibility index (Phi) is 48.9. The third-order valence-electron chi connectivity index (χ3n) is 21.7. The number of ether oxygens (including phenoxy) is 7. The summed E-state index contributed by atoms with van der Waals surface area (Å²) in [5.74, 6) is -4.16. The molecule has 2 saturated heterocycles. The van der Waals surface area contributed by atoms with Crippen LogP contribution in [0.25, 0.3) is 0 Å². The number of esters is 2. The number of unbranched alkanes of at least 4 members (excludes halogenated alkanes) is 45. The molecule has 111 heavy (non-hydrogen) atoms. The number of carbonyl (C=O) groups excluding carboxylic acids is 2. The van der Waals surface area contributed by atoms with Gasteiger partial charge in [0.1, 0.15) is 24.7 Å². The molecule has 2 fully saturated rings. The third kappa shape index (κ3) is 36.0. The van der Waals surface area contributed by atoms with Crippen molar-refractivity contribution in [2.24, 2.45) is 0 Å². The van der Waals surface area contributed by atoms with E-state index < -0.39 is 117 Å². The Hall–Kier alpha value is -5.64. The molecule has 24 nitrogen and oxygen atoms in total. The second-order valence-electron chi connectivity index (χ2n) is 31.3. The van der Waals surface area contributed by atoms with Crippen LogP contribution in [0.5, 0.6) is 17.2 Å². The molecule has 2 aromatic heterocycles. The SMILES string of the molecule is CCCCCCCCCCCCCCCCCCOc1cc(C(=O)OCC(=O)O[C@]2(O)C[C@H](n3cc(C)c(=O)[nH]c3=O)O[C@@H]2COP(=O)(OCCC#N)[C@]2(O)C[C@H](n3cc(C)c(=O)[nH]c3=O)O[C@@H]2CO)cc(OCCCCCCCCCCCCCCCCCC)c1OCCCCCCCCCCCCCCCCCC. The van der Waals surface area contributed by atoms with Gasteiger partial charge in [-0.15, -0.1) is 0 Å². The van der Waals surface area contributed by atoms with Crippen LogP contribution >= 0.6 is 7.60 Å². The topological polar surface area (TPSA) is 328 Å². The van der Waals surface area contributed by atoms with Gasteiger partial charge in [-0.3, -0.25) is 33.3 Å². The second-order valence-corrected chi connectivity index (χ2v) is 33.6. The van der Waals surface area contributed by atoms with Crippen LogP contribution in [-0.2, 0) is 37.4 Å². The van der Waals surface area contributed by atoms with Crippen molar-refractivity contribution in [2.45, 2.75) is 398 Å². The minimum absolute atomic E-state index is 0.0199. The lowest BCUT2D eigenvalue weighted by Crippen LogP contribution is -2.47. The monoisotopic (exact) mass is 1580 g/mol. The Morgan fingerprint density at radius 1 is 0.505 bits per heavy atom. The highest BCUT2D eigenvalue weighted by Crippen LogP contribution is 2.66. The predicted molar refractivity (Wildman–Crippen MR) is 434 cm³/mol. The van der Waals surface area contributed by atoms with E-state index in [1.165, 1.54) is 257 Å². The highest BCUT2D eigenvalue weighted by molar-refractivity contribution is 7.55. The maximum atomic E-state index is 15.2. The number of hydrogen-bond donors (Lipinski definition) is 5. The molecule has 0 amide bonds. The first-order valence-corrected chi connectivity index (χ1v) is 45.1. The number of aromatic amines is 2. The number of rotatable bonds is 68. The van der Waals surface area contributed by atoms with Gasteiger partial charge in [-0.1, -0.05) is 310 Å². The molecular weight excluding hydrogens is 1440 g/mol. The van der Waals surface area contributed by atoms with E-state index in [0.29, 0.717) is 25.6 Å². The van der Waals surface area contributed by atoms with Crippen molar-refractivity contribution in [1.82, 2.24) is 19.1 Å². The summed E-state index contributed by atoms with van der Waals surface area (Å²) in [6.07, 6.45) is 52.6. The zero-order chi connectivity index (χ0) is 80.2. The molecule has 2 aliphatic rings. The number of nitrogens with zero attached hydrogens (tertiary/aromatic N) is 3. The van der Waals surface area contributed by atoms with Gasteiger partial charge in [-0.25, -0.2) is 19.2 Å². The maximum absolute atomic E-state index is 15.2. The summed E-state index contributed by atoms with van der Waals surface area (Å²) in [5.41, 5.74) is -3.24. The number of aryl methyl sites for hydroxylation is 2. The van der Waals surface area contributed by atoms with Crippen molar-refractivity contribution < 1.29 is 71.7 Å². The first kappa shape index (κ1) is 95.9. The van der Waals surface area contributed by atoms with Crippen molar-refractivity contribution in [1.29, 1.82) is 5.26 Å². The zero-order valence-electron chi connectivity index (χ0n) is 68.8.